The zero-order chi connectivity index (χ0) is 20.7. The van der Waals surface area contributed by atoms with Gasteiger partial charge in [-0.1, -0.05) is 49.6 Å². The van der Waals surface area contributed by atoms with Crippen LogP contribution in [-0.2, 0) is 21.4 Å². The lowest BCUT2D eigenvalue weighted by Crippen LogP contribution is -2.39. The Morgan fingerprint density at radius 1 is 0.966 bits per heavy atom. The Kier molecular flexibility index (Phi) is 7.35. The molecular formula is C21H25N3O3S2. The van der Waals surface area contributed by atoms with Crippen molar-refractivity contribution >= 4 is 38.9 Å². The average Bonchev–Trinajstić information content (AvgIpc) is 2.74. The highest BCUT2D eigenvalue weighted by Crippen LogP contribution is 2.23. The van der Waals surface area contributed by atoms with Gasteiger partial charge in [0.25, 0.3) is 0 Å². The van der Waals surface area contributed by atoms with E-state index in [9.17, 15) is 13.2 Å². The van der Waals surface area contributed by atoms with E-state index >= 15 is 0 Å². The summed E-state index contributed by atoms with van der Waals surface area (Å²) in [6, 6.07) is 15.6. The zero-order valence-electron chi connectivity index (χ0n) is 16.1. The van der Waals surface area contributed by atoms with Crippen LogP contribution in [0.3, 0.4) is 0 Å². The van der Waals surface area contributed by atoms with E-state index in [1.165, 1.54) is 18.6 Å². The molecule has 3 N–H and O–H groups in total. The summed E-state index contributed by atoms with van der Waals surface area (Å²) in [6.45, 7) is 0.223. The largest absolute Gasteiger partial charge is 0.332 e. The van der Waals surface area contributed by atoms with Crippen LogP contribution in [0.4, 0.5) is 5.69 Å². The van der Waals surface area contributed by atoms with Crippen LogP contribution in [0.15, 0.2) is 59.5 Å². The minimum absolute atomic E-state index is 0.0201. The summed E-state index contributed by atoms with van der Waals surface area (Å²) in [5.41, 5.74) is 1.49. The lowest BCUT2D eigenvalue weighted by molar-refractivity contribution is -0.124. The van der Waals surface area contributed by atoms with Gasteiger partial charge >= 0.3 is 0 Å². The van der Waals surface area contributed by atoms with Gasteiger partial charge < -0.3 is 10.6 Å². The van der Waals surface area contributed by atoms with Crippen LogP contribution >= 0.6 is 12.2 Å². The maximum absolute atomic E-state index is 12.4. The molecule has 8 heteroatoms. The minimum atomic E-state index is -3.62. The first kappa shape index (κ1) is 21.4. The number of sulfonamides is 1. The number of hydrogen-bond acceptors (Lipinski definition) is 4. The number of carbonyl (C=O) groups is 1. The van der Waals surface area contributed by atoms with Crippen molar-refractivity contribution in [1.82, 2.24) is 10.0 Å². The monoisotopic (exact) mass is 431 g/mol. The van der Waals surface area contributed by atoms with Gasteiger partial charge in [-0.2, -0.15) is 0 Å². The first-order valence-corrected chi connectivity index (χ1v) is 11.6. The van der Waals surface area contributed by atoms with E-state index in [4.69, 9.17) is 12.2 Å². The third-order valence-electron chi connectivity index (χ3n) is 4.94. The number of anilines is 1. The van der Waals surface area contributed by atoms with Crippen LogP contribution in [-0.4, -0.2) is 19.4 Å². The normalized spacial score (nSPS) is 14.9. The molecule has 0 bridgehead atoms. The molecule has 0 radical (unpaired) electrons. The Morgan fingerprint density at radius 2 is 1.62 bits per heavy atom. The van der Waals surface area contributed by atoms with E-state index in [1.807, 2.05) is 30.3 Å². The third kappa shape index (κ3) is 6.35. The number of amides is 1. The molecule has 2 aromatic carbocycles. The SMILES string of the molecule is O=C(NC(=S)Nc1ccc(S(=O)(=O)NCc2ccccc2)cc1)C1CCCCC1. The van der Waals surface area contributed by atoms with Crippen LogP contribution in [0.2, 0.25) is 0 Å². The van der Waals surface area contributed by atoms with Gasteiger partial charge in [0, 0.05) is 18.2 Å². The summed E-state index contributed by atoms with van der Waals surface area (Å²) < 4.78 is 27.5. The topological polar surface area (TPSA) is 87.3 Å². The molecular weight excluding hydrogens is 406 g/mol. The van der Waals surface area contributed by atoms with Gasteiger partial charge in [-0.25, -0.2) is 13.1 Å². The van der Waals surface area contributed by atoms with Crippen molar-refractivity contribution in [3.8, 4) is 0 Å². The van der Waals surface area contributed by atoms with Crippen molar-refractivity contribution in [2.45, 2.75) is 43.5 Å². The summed E-state index contributed by atoms with van der Waals surface area (Å²) in [4.78, 5) is 12.4. The van der Waals surface area contributed by atoms with Crippen LogP contribution in [0, 0.1) is 5.92 Å². The molecule has 1 aliphatic carbocycles. The van der Waals surface area contributed by atoms with Crippen molar-refractivity contribution in [3.05, 3.63) is 60.2 Å². The molecule has 0 atom stereocenters. The van der Waals surface area contributed by atoms with E-state index in [0.717, 1.165) is 31.2 Å². The Labute approximate surface area is 177 Å². The summed E-state index contributed by atoms with van der Waals surface area (Å²) in [5.74, 6) is -0.0294. The molecule has 1 amide bonds. The molecule has 1 saturated carbocycles. The molecule has 2 aromatic rings. The molecule has 6 nitrogen and oxygen atoms in total. The van der Waals surface area contributed by atoms with Gasteiger partial charge in [0.2, 0.25) is 15.9 Å². The number of nitrogens with one attached hydrogen (secondary N) is 3. The van der Waals surface area contributed by atoms with Gasteiger partial charge in [0.1, 0.15) is 0 Å². The summed E-state index contributed by atoms with van der Waals surface area (Å²) in [5, 5.41) is 5.89. The predicted molar refractivity (Wildman–Crippen MR) is 118 cm³/mol. The van der Waals surface area contributed by atoms with E-state index in [2.05, 4.69) is 15.4 Å². The maximum atomic E-state index is 12.4. The highest BCUT2D eigenvalue weighted by molar-refractivity contribution is 7.89. The molecule has 1 fully saturated rings. The zero-order valence-corrected chi connectivity index (χ0v) is 17.7. The fraction of sp³-hybridized carbons (Fsp3) is 0.333. The number of hydrogen-bond donors (Lipinski definition) is 3. The van der Waals surface area contributed by atoms with E-state index in [0.29, 0.717) is 5.69 Å². The molecule has 29 heavy (non-hydrogen) atoms. The summed E-state index contributed by atoms with van der Waals surface area (Å²) in [6.07, 6.45) is 5.13. The average molecular weight is 432 g/mol. The molecule has 0 unspecified atom stereocenters. The quantitative estimate of drug-likeness (QED) is 0.609. The van der Waals surface area contributed by atoms with E-state index < -0.39 is 10.0 Å². The van der Waals surface area contributed by atoms with E-state index in [-0.39, 0.29) is 28.4 Å². The van der Waals surface area contributed by atoms with Crippen LogP contribution < -0.4 is 15.4 Å². The molecule has 0 aromatic heterocycles. The molecule has 0 aliphatic heterocycles. The lowest BCUT2D eigenvalue weighted by atomic mass is 9.89. The Morgan fingerprint density at radius 3 is 2.28 bits per heavy atom. The van der Waals surface area contributed by atoms with Crippen LogP contribution in [0.5, 0.6) is 0 Å². The second-order valence-electron chi connectivity index (χ2n) is 7.11. The third-order valence-corrected chi connectivity index (χ3v) is 6.57. The first-order valence-electron chi connectivity index (χ1n) is 9.69. The van der Waals surface area contributed by atoms with Crippen LogP contribution in [0.1, 0.15) is 37.7 Å². The highest BCUT2D eigenvalue weighted by atomic mass is 32.2. The number of thiocarbonyl (C=S) groups is 1. The number of carbonyl (C=O) groups excluding carboxylic acids is 1. The van der Waals surface area contributed by atoms with Crippen molar-refractivity contribution in [2.24, 2.45) is 5.92 Å². The van der Waals surface area contributed by atoms with E-state index in [1.54, 1.807) is 12.1 Å². The fourth-order valence-electron chi connectivity index (χ4n) is 3.32. The van der Waals surface area contributed by atoms with Gasteiger partial charge in [-0.15, -0.1) is 0 Å². The highest BCUT2D eigenvalue weighted by Gasteiger charge is 2.21. The van der Waals surface area contributed by atoms with Gasteiger partial charge in [-0.3, -0.25) is 4.79 Å². The standard InChI is InChI=1S/C21H25N3O3S2/c25-20(17-9-5-2-6-10-17)24-21(28)23-18-11-13-19(14-12-18)29(26,27)22-15-16-7-3-1-4-8-16/h1,3-4,7-8,11-14,17,22H,2,5-6,9-10,15H2,(H2,23,24,25,28). The molecule has 0 heterocycles. The van der Waals surface area contributed by atoms with Gasteiger partial charge in [-0.05, 0) is 54.9 Å². The summed E-state index contributed by atoms with van der Waals surface area (Å²) in [7, 11) is -3.62. The minimum Gasteiger partial charge on any atom is -0.332 e. The van der Waals surface area contributed by atoms with Gasteiger partial charge in [0.05, 0.1) is 4.90 Å². The molecule has 1 aliphatic rings. The Hall–Kier alpha value is -2.29. The van der Waals surface area contributed by atoms with Crippen molar-refractivity contribution < 1.29 is 13.2 Å². The lowest BCUT2D eigenvalue weighted by Gasteiger charge is -2.21. The Balaban J connectivity index is 1.53. The molecule has 0 saturated heterocycles. The van der Waals surface area contributed by atoms with Crippen molar-refractivity contribution in [1.29, 1.82) is 0 Å². The number of rotatable bonds is 6. The first-order chi connectivity index (χ1) is 13.9. The van der Waals surface area contributed by atoms with Gasteiger partial charge in [0.15, 0.2) is 5.11 Å². The molecule has 3 rings (SSSR count). The van der Waals surface area contributed by atoms with Crippen molar-refractivity contribution in [3.63, 3.8) is 0 Å². The second kappa shape index (κ2) is 9.96. The molecule has 0 spiro atoms. The maximum Gasteiger partial charge on any atom is 0.240 e. The Bertz CT molecular complexity index is 939. The number of benzene rings is 2. The fourth-order valence-corrected chi connectivity index (χ4v) is 4.55. The van der Waals surface area contributed by atoms with Crippen molar-refractivity contribution in [2.75, 3.05) is 5.32 Å². The van der Waals surface area contributed by atoms with Crippen LogP contribution in [0.25, 0.3) is 0 Å². The predicted octanol–water partition coefficient (Wildman–Crippen LogP) is 3.56. The molecule has 154 valence electrons. The smallest absolute Gasteiger partial charge is 0.240 e. The summed E-state index contributed by atoms with van der Waals surface area (Å²) >= 11 is 5.21. The second-order valence-corrected chi connectivity index (χ2v) is 9.29.